The molecule has 32 heavy (non-hydrogen) atoms. The maximum Gasteiger partial charge on any atom is 0.119 e. The molecule has 0 unspecified atom stereocenters. The Kier molecular flexibility index (Phi) is 8.50. The molecule has 1 heteroatoms. The first-order chi connectivity index (χ1) is 15.5. The number of hydrogen-bond donors (Lipinski definition) is 0. The third-order valence-electron chi connectivity index (χ3n) is 5.71. The molecular formula is C31H36O. The van der Waals surface area contributed by atoms with Crippen molar-refractivity contribution in [2.24, 2.45) is 0 Å². The Labute approximate surface area is 194 Å². The summed E-state index contributed by atoms with van der Waals surface area (Å²) >= 11 is 0. The van der Waals surface area contributed by atoms with Gasteiger partial charge in [-0.3, -0.25) is 0 Å². The van der Waals surface area contributed by atoms with Crippen molar-refractivity contribution in [3.05, 3.63) is 102 Å². The standard InChI is InChI=1S/C31H36O/c1-6-20-32-28-16-14-26(15-17-28)31-22-25(5)13-19-30(31)29-18-12-24(4)21-27(29)11-9-7-8-10-23(2)3/h6,10,12-19,21-22H,1,7-9,11,20H2,2-5H3. The van der Waals surface area contributed by atoms with Crippen molar-refractivity contribution in [1.29, 1.82) is 0 Å². The van der Waals surface area contributed by atoms with Gasteiger partial charge in [0.1, 0.15) is 12.4 Å². The molecule has 0 saturated heterocycles. The summed E-state index contributed by atoms with van der Waals surface area (Å²) in [5.41, 5.74) is 10.6. The van der Waals surface area contributed by atoms with Gasteiger partial charge in [0.05, 0.1) is 0 Å². The molecule has 0 amide bonds. The number of rotatable bonds is 10. The summed E-state index contributed by atoms with van der Waals surface area (Å²) in [6, 6.07) is 22.1. The van der Waals surface area contributed by atoms with Crippen LogP contribution in [-0.2, 0) is 6.42 Å². The zero-order valence-corrected chi connectivity index (χ0v) is 20.1. The Hall–Kier alpha value is -3.06. The van der Waals surface area contributed by atoms with Crippen LogP contribution in [0.3, 0.4) is 0 Å². The van der Waals surface area contributed by atoms with Crippen molar-refractivity contribution in [3.8, 4) is 28.0 Å². The quantitative estimate of drug-likeness (QED) is 0.233. The van der Waals surface area contributed by atoms with E-state index in [0.29, 0.717) is 6.61 Å². The first-order valence-corrected chi connectivity index (χ1v) is 11.7. The van der Waals surface area contributed by atoms with Crippen molar-refractivity contribution in [3.63, 3.8) is 0 Å². The summed E-state index contributed by atoms with van der Waals surface area (Å²) in [5.74, 6) is 0.871. The Balaban J connectivity index is 1.93. The average Bonchev–Trinajstić information content (AvgIpc) is 2.78. The van der Waals surface area contributed by atoms with Gasteiger partial charge >= 0.3 is 0 Å². The Morgan fingerprint density at radius 3 is 2.19 bits per heavy atom. The lowest BCUT2D eigenvalue weighted by molar-refractivity contribution is 0.363. The maximum absolute atomic E-state index is 5.67. The van der Waals surface area contributed by atoms with E-state index >= 15 is 0 Å². The van der Waals surface area contributed by atoms with E-state index in [4.69, 9.17) is 4.74 Å². The van der Waals surface area contributed by atoms with Gasteiger partial charge in [-0.2, -0.15) is 0 Å². The lowest BCUT2D eigenvalue weighted by atomic mass is 9.88. The molecule has 3 aromatic carbocycles. The molecule has 0 aliphatic rings. The van der Waals surface area contributed by atoms with E-state index in [1.807, 2.05) is 12.1 Å². The normalized spacial score (nSPS) is 10.6. The van der Waals surface area contributed by atoms with Crippen molar-refractivity contribution < 1.29 is 4.74 Å². The van der Waals surface area contributed by atoms with Gasteiger partial charge in [-0.15, -0.1) is 0 Å². The highest BCUT2D eigenvalue weighted by Gasteiger charge is 2.12. The van der Waals surface area contributed by atoms with Crippen LogP contribution in [0.5, 0.6) is 5.75 Å². The van der Waals surface area contributed by atoms with Crippen LogP contribution in [0.15, 0.2) is 85.0 Å². The van der Waals surface area contributed by atoms with Gasteiger partial charge in [0.25, 0.3) is 0 Å². The molecule has 0 aromatic heterocycles. The minimum atomic E-state index is 0.523. The van der Waals surface area contributed by atoms with E-state index in [9.17, 15) is 0 Å². The molecule has 0 bridgehead atoms. The summed E-state index contributed by atoms with van der Waals surface area (Å²) in [6.07, 6.45) is 8.82. The predicted molar refractivity (Wildman–Crippen MR) is 139 cm³/mol. The Bertz CT molecular complexity index is 1070. The molecule has 1 nitrogen and oxygen atoms in total. The highest BCUT2D eigenvalue weighted by molar-refractivity contribution is 5.85. The smallest absolute Gasteiger partial charge is 0.119 e. The van der Waals surface area contributed by atoms with Crippen LogP contribution in [0.2, 0.25) is 0 Å². The van der Waals surface area contributed by atoms with E-state index in [1.54, 1.807) is 6.08 Å². The molecule has 0 N–H and O–H groups in total. The molecule has 3 rings (SSSR count). The van der Waals surface area contributed by atoms with E-state index in [2.05, 4.69) is 88.9 Å². The van der Waals surface area contributed by atoms with Gasteiger partial charge < -0.3 is 4.74 Å². The molecule has 0 atom stereocenters. The van der Waals surface area contributed by atoms with E-state index in [1.165, 1.54) is 63.8 Å². The summed E-state index contributed by atoms with van der Waals surface area (Å²) in [5, 5.41) is 0. The third kappa shape index (κ3) is 6.47. The Morgan fingerprint density at radius 1 is 0.812 bits per heavy atom. The maximum atomic E-state index is 5.67. The van der Waals surface area contributed by atoms with Crippen LogP contribution in [0.25, 0.3) is 22.3 Å². The summed E-state index contributed by atoms with van der Waals surface area (Å²) in [6.45, 7) is 12.9. The zero-order chi connectivity index (χ0) is 22.9. The number of ether oxygens (including phenoxy) is 1. The second-order valence-electron chi connectivity index (χ2n) is 8.86. The SMILES string of the molecule is C=CCOc1ccc(-c2cc(C)ccc2-c2ccc(C)cc2CCCCC=C(C)C)cc1. The number of allylic oxidation sites excluding steroid dienone is 2. The molecule has 0 aliphatic heterocycles. The highest BCUT2D eigenvalue weighted by Crippen LogP contribution is 2.36. The molecule has 3 aromatic rings. The summed E-state index contributed by atoms with van der Waals surface area (Å²) < 4.78 is 5.67. The van der Waals surface area contributed by atoms with Crippen molar-refractivity contribution >= 4 is 0 Å². The molecule has 0 radical (unpaired) electrons. The first kappa shape index (κ1) is 23.6. The van der Waals surface area contributed by atoms with Crippen molar-refractivity contribution in [2.45, 2.75) is 53.4 Å². The molecule has 0 fully saturated rings. The second-order valence-corrected chi connectivity index (χ2v) is 8.86. The Morgan fingerprint density at radius 2 is 1.50 bits per heavy atom. The molecule has 0 heterocycles. The largest absolute Gasteiger partial charge is 0.490 e. The summed E-state index contributed by atoms with van der Waals surface area (Å²) in [4.78, 5) is 0. The average molecular weight is 425 g/mol. The minimum Gasteiger partial charge on any atom is -0.490 e. The van der Waals surface area contributed by atoms with Crippen LogP contribution in [0.4, 0.5) is 0 Å². The first-order valence-electron chi connectivity index (χ1n) is 11.7. The van der Waals surface area contributed by atoms with Crippen LogP contribution >= 0.6 is 0 Å². The molecule has 0 spiro atoms. The second kappa shape index (κ2) is 11.5. The molecule has 0 aliphatic carbocycles. The van der Waals surface area contributed by atoms with E-state index in [-0.39, 0.29) is 0 Å². The lowest BCUT2D eigenvalue weighted by Crippen LogP contribution is -1.95. The van der Waals surface area contributed by atoms with Crippen LogP contribution in [-0.4, -0.2) is 6.61 Å². The van der Waals surface area contributed by atoms with E-state index < -0.39 is 0 Å². The topological polar surface area (TPSA) is 9.23 Å². The van der Waals surface area contributed by atoms with Gasteiger partial charge in [-0.1, -0.05) is 84.0 Å². The number of benzene rings is 3. The van der Waals surface area contributed by atoms with Gasteiger partial charge in [0.2, 0.25) is 0 Å². The predicted octanol–water partition coefficient (Wildman–Crippen LogP) is 8.88. The molecule has 166 valence electrons. The van der Waals surface area contributed by atoms with Gasteiger partial charge in [0.15, 0.2) is 0 Å². The van der Waals surface area contributed by atoms with Crippen LogP contribution < -0.4 is 4.74 Å². The number of unbranched alkanes of at least 4 members (excludes halogenated alkanes) is 2. The number of aryl methyl sites for hydroxylation is 3. The molecular weight excluding hydrogens is 388 g/mol. The molecule has 0 saturated carbocycles. The van der Waals surface area contributed by atoms with E-state index in [0.717, 1.165) is 12.2 Å². The van der Waals surface area contributed by atoms with Crippen LogP contribution in [0.1, 0.15) is 49.8 Å². The third-order valence-corrected chi connectivity index (χ3v) is 5.71. The fraction of sp³-hybridized carbons (Fsp3) is 0.290. The van der Waals surface area contributed by atoms with Gasteiger partial charge in [0, 0.05) is 0 Å². The van der Waals surface area contributed by atoms with Gasteiger partial charge in [-0.25, -0.2) is 0 Å². The van der Waals surface area contributed by atoms with Crippen molar-refractivity contribution in [2.75, 3.05) is 6.61 Å². The zero-order valence-electron chi connectivity index (χ0n) is 20.1. The fourth-order valence-electron chi connectivity index (χ4n) is 4.06. The minimum absolute atomic E-state index is 0.523. The lowest BCUT2D eigenvalue weighted by Gasteiger charge is -2.16. The fourth-order valence-corrected chi connectivity index (χ4v) is 4.06. The highest BCUT2D eigenvalue weighted by atomic mass is 16.5. The monoisotopic (exact) mass is 424 g/mol. The van der Waals surface area contributed by atoms with Crippen LogP contribution in [0, 0.1) is 13.8 Å². The summed E-state index contributed by atoms with van der Waals surface area (Å²) in [7, 11) is 0. The number of hydrogen-bond acceptors (Lipinski definition) is 1. The van der Waals surface area contributed by atoms with Crippen molar-refractivity contribution in [1.82, 2.24) is 0 Å². The van der Waals surface area contributed by atoms with Gasteiger partial charge in [-0.05, 0) is 93.3 Å².